The lowest BCUT2D eigenvalue weighted by Gasteiger charge is -2.67. The highest BCUT2D eigenvalue weighted by Gasteiger charge is 2.66. The van der Waals surface area contributed by atoms with Crippen molar-refractivity contribution >= 4 is 0 Å². The zero-order valence-corrected chi connectivity index (χ0v) is 28.9. The quantitative estimate of drug-likeness (QED) is 0.252. The standard InChI is InChI=1S/C37H65NO3/c1-13-31(40-24-35(11,38)26(4)5)33(9,23-39-12)30-15-14-29-28(32(30,7)8)16-17-36-20-21-41-37(22-36,27(6)25(2)3)19-18-34(29,36)10/h16,20-21,25-27,29-31H,13-15,17-19,22-24,38H2,1-12H3/t27-,29?,30?,31?,33+,34?,35+,36-,37-/m1/s1. The summed E-state index contributed by atoms with van der Waals surface area (Å²) in [6.45, 7) is 27.4. The Morgan fingerprint density at radius 2 is 1.73 bits per heavy atom. The molecule has 0 amide bonds. The number of hydrogen-bond acceptors (Lipinski definition) is 4. The van der Waals surface area contributed by atoms with Crippen LogP contribution in [0.5, 0.6) is 0 Å². The van der Waals surface area contributed by atoms with Crippen LogP contribution in [0.4, 0.5) is 0 Å². The molecule has 1 aliphatic heterocycles. The van der Waals surface area contributed by atoms with Crippen molar-refractivity contribution in [3.63, 3.8) is 0 Å². The molecule has 2 N–H and O–H groups in total. The molecule has 4 unspecified atom stereocenters. The van der Waals surface area contributed by atoms with Gasteiger partial charge in [-0.15, -0.1) is 0 Å². The third-order valence-corrected chi connectivity index (χ3v) is 13.8. The van der Waals surface area contributed by atoms with Gasteiger partial charge in [-0.3, -0.25) is 0 Å². The third-order valence-electron chi connectivity index (χ3n) is 13.8. The molecular formula is C37H65NO3. The molecule has 236 valence electrons. The Hall–Kier alpha value is -0.840. The SMILES string of the molecule is CCC(OC[C@](C)(N)C(C)C)[C@@](C)(COC)C1CCC2C(=CC[C@]34C=CO[C@]([C@H](C)C(C)C)(CCC23C)C4)C1(C)C. The predicted octanol–water partition coefficient (Wildman–Crippen LogP) is 8.94. The van der Waals surface area contributed by atoms with Crippen molar-refractivity contribution < 1.29 is 14.2 Å². The van der Waals surface area contributed by atoms with E-state index >= 15 is 0 Å². The zero-order valence-electron chi connectivity index (χ0n) is 28.9. The van der Waals surface area contributed by atoms with Gasteiger partial charge in [0.1, 0.15) is 5.60 Å². The number of fused-ring (bicyclic) bond motifs is 3. The van der Waals surface area contributed by atoms with Crippen molar-refractivity contribution in [3.8, 4) is 0 Å². The van der Waals surface area contributed by atoms with Gasteiger partial charge in [-0.1, -0.05) is 80.9 Å². The van der Waals surface area contributed by atoms with Crippen molar-refractivity contribution in [1.82, 2.24) is 0 Å². The topological polar surface area (TPSA) is 53.7 Å². The van der Waals surface area contributed by atoms with E-state index in [-0.39, 0.29) is 38.9 Å². The Balaban J connectivity index is 1.67. The molecule has 4 nitrogen and oxygen atoms in total. The van der Waals surface area contributed by atoms with Gasteiger partial charge in [-0.25, -0.2) is 0 Å². The summed E-state index contributed by atoms with van der Waals surface area (Å²) < 4.78 is 19.4. The molecule has 0 radical (unpaired) electrons. The van der Waals surface area contributed by atoms with E-state index in [2.05, 4.69) is 94.6 Å². The fourth-order valence-corrected chi connectivity index (χ4v) is 10.2. The predicted molar refractivity (Wildman–Crippen MR) is 171 cm³/mol. The molecule has 1 spiro atoms. The molecule has 2 bridgehead atoms. The van der Waals surface area contributed by atoms with Crippen LogP contribution in [0.1, 0.15) is 121 Å². The van der Waals surface area contributed by atoms with E-state index in [4.69, 9.17) is 19.9 Å². The lowest BCUT2D eigenvalue weighted by atomic mass is 9.39. The molecule has 0 saturated heterocycles. The van der Waals surface area contributed by atoms with Crippen LogP contribution < -0.4 is 5.73 Å². The number of methoxy groups -OCH3 is 1. The molecular weight excluding hydrogens is 506 g/mol. The molecule has 41 heavy (non-hydrogen) atoms. The molecule has 0 aromatic heterocycles. The molecule has 0 aromatic carbocycles. The fourth-order valence-electron chi connectivity index (χ4n) is 10.2. The van der Waals surface area contributed by atoms with Crippen molar-refractivity contribution in [2.45, 2.75) is 138 Å². The molecule has 2 fully saturated rings. The summed E-state index contributed by atoms with van der Waals surface area (Å²) in [7, 11) is 1.86. The second kappa shape index (κ2) is 11.3. The first-order valence-electron chi connectivity index (χ1n) is 16.9. The van der Waals surface area contributed by atoms with Crippen LogP contribution in [0.25, 0.3) is 0 Å². The van der Waals surface area contributed by atoms with E-state index in [0.29, 0.717) is 42.8 Å². The monoisotopic (exact) mass is 571 g/mol. The van der Waals surface area contributed by atoms with Crippen molar-refractivity contribution in [2.24, 2.45) is 57.0 Å². The Bertz CT molecular complexity index is 996. The summed E-state index contributed by atoms with van der Waals surface area (Å²) in [5, 5.41) is 0. The number of ether oxygens (including phenoxy) is 3. The van der Waals surface area contributed by atoms with Crippen LogP contribution >= 0.6 is 0 Å². The van der Waals surface area contributed by atoms with Crippen LogP contribution in [-0.2, 0) is 14.2 Å². The van der Waals surface area contributed by atoms with E-state index in [1.165, 1.54) is 25.7 Å². The van der Waals surface area contributed by atoms with Gasteiger partial charge in [0.15, 0.2) is 0 Å². The lowest BCUT2D eigenvalue weighted by Crippen LogP contribution is -2.62. The molecule has 1 heterocycles. The summed E-state index contributed by atoms with van der Waals surface area (Å²) in [5.41, 5.74) is 8.44. The van der Waals surface area contributed by atoms with Crippen LogP contribution in [-0.4, -0.2) is 37.6 Å². The van der Waals surface area contributed by atoms with Gasteiger partial charge >= 0.3 is 0 Å². The molecule has 4 aliphatic rings. The number of hydrogen-bond donors (Lipinski definition) is 1. The summed E-state index contributed by atoms with van der Waals surface area (Å²) in [6, 6.07) is 0. The second-order valence-electron chi connectivity index (χ2n) is 16.8. The van der Waals surface area contributed by atoms with Gasteiger partial charge in [-0.2, -0.15) is 0 Å². The first kappa shape index (κ1) is 33.1. The number of allylic oxidation sites excluding steroid dienone is 3. The largest absolute Gasteiger partial charge is 0.495 e. The highest BCUT2D eigenvalue weighted by atomic mass is 16.5. The first-order chi connectivity index (χ1) is 19.0. The van der Waals surface area contributed by atoms with E-state index in [1.54, 1.807) is 5.57 Å². The van der Waals surface area contributed by atoms with Gasteiger partial charge in [0, 0.05) is 23.5 Å². The second-order valence-corrected chi connectivity index (χ2v) is 16.8. The third kappa shape index (κ3) is 5.18. The molecule has 4 rings (SSSR count). The first-order valence-corrected chi connectivity index (χ1v) is 16.9. The van der Waals surface area contributed by atoms with Crippen molar-refractivity contribution in [3.05, 3.63) is 24.0 Å². The van der Waals surface area contributed by atoms with Crippen LogP contribution in [0.3, 0.4) is 0 Å². The van der Waals surface area contributed by atoms with Crippen molar-refractivity contribution in [2.75, 3.05) is 20.3 Å². The smallest absolute Gasteiger partial charge is 0.112 e. The summed E-state index contributed by atoms with van der Waals surface area (Å²) >= 11 is 0. The Labute approximate surface area is 253 Å². The number of nitrogens with two attached hydrogens (primary N) is 1. The summed E-state index contributed by atoms with van der Waals surface area (Å²) in [4.78, 5) is 0. The maximum absolute atomic E-state index is 6.78. The van der Waals surface area contributed by atoms with Gasteiger partial charge in [0.25, 0.3) is 0 Å². The van der Waals surface area contributed by atoms with Crippen molar-refractivity contribution in [1.29, 1.82) is 0 Å². The Morgan fingerprint density at radius 3 is 2.32 bits per heavy atom. The van der Waals surface area contributed by atoms with Gasteiger partial charge in [0.05, 0.1) is 25.6 Å². The van der Waals surface area contributed by atoms with Crippen LogP contribution in [0.2, 0.25) is 0 Å². The maximum Gasteiger partial charge on any atom is 0.112 e. The molecule has 3 aliphatic carbocycles. The minimum absolute atomic E-state index is 0.0172. The Morgan fingerprint density at radius 1 is 1.05 bits per heavy atom. The van der Waals surface area contributed by atoms with Crippen LogP contribution in [0.15, 0.2) is 24.0 Å². The van der Waals surface area contributed by atoms with Gasteiger partial charge in [0.2, 0.25) is 0 Å². The average molecular weight is 572 g/mol. The van der Waals surface area contributed by atoms with Gasteiger partial charge in [-0.05, 0) is 98.4 Å². The minimum atomic E-state index is -0.343. The van der Waals surface area contributed by atoms with Crippen LogP contribution in [0, 0.1) is 51.2 Å². The molecule has 2 saturated carbocycles. The minimum Gasteiger partial charge on any atom is -0.495 e. The summed E-state index contributed by atoms with van der Waals surface area (Å²) in [6.07, 6.45) is 15.5. The molecule has 4 heteroatoms. The number of rotatable bonds is 11. The lowest BCUT2D eigenvalue weighted by molar-refractivity contribution is -0.180. The van der Waals surface area contributed by atoms with E-state index < -0.39 is 0 Å². The molecule has 9 atom stereocenters. The highest BCUT2D eigenvalue weighted by molar-refractivity contribution is 5.34. The van der Waals surface area contributed by atoms with E-state index in [0.717, 1.165) is 19.3 Å². The Kier molecular flexibility index (Phi) is 9.08. The maximum atomic E-state index is 6.78. The van der Waals surface area contributed by atoms with E-state index in [9.17, 15) is 0 Å². The normalized spacial score (nSPS) is 38.7. The highest BCUT2D eigenvalue weighted by Crippen LogP contribution is 2.71. The zero-order chi connectivity index (χ0) is 30.6. The van der Waals surface area contributed by atoms with E-state index in [1.807, 2.05) is 7.11 Å². The molecule has 0 aromatic rings. The summed E-state index contributed by atoms with van der Waals surface area (Å²) in [5.74, 6) is 2.61. The van der Waals surface area contributed by atoms with Gasteiger partial charge < -0.3 is 19.9 Å². The fraction of sp³-hybridized carbons (Fsp3) is 0.892. The average Bonchev–Trinajstić information content (AvgIpc) is 2.89.